The smallest absolute Gasteiger partial charge is 0.251 e. The SMILES string of the molecule is CC1CC1C(NC(=O)c1cccc(N2CCCC2=O)c1)c1ccccc1. The molecule has 3 unspecified atom stereocenters. The molecule has 1 saturated heterocycles. The van der Waals surface area contributed by atoms with Crippen LogP contribution in [0.2, 0.25) is 0 Å². The zero-order valence-corrected chi connectivity index (χ0v) is 15.0. The van der Waals surface area contributed by atoms with Gasteiger partial charge in [-0.3, -0.25) is 9.59 Å². The van der Waals surface area contributed by atoms with E-state index in [0.29, 0.717) is 23.8 Å². The number of anilines is 1. The van der Waals surface area contributed by atoms with Crippen molar-refractivity contribution >= 4 is 17.5 Å². The van der Waals surface area contributed by atoms with E-state index in [2.05, 4.69) is 24.4 Å². The third-order valence-corrected chi connectivity index (χ3v) is 5.54. The van der Waals surface area contributed by atoms with Crippen LogP contribution in [0, 0.1) is 11.8 Å². The molecule has 1 heterocycles. The van der Waals surface area contributed by atoms with Crippen LogP contribution in [0.3, 0.4) is 0 Å². The fourth-order valence-corrected chi connectivity index (χ4v) is 3.87. The summed E-state index contributed by atoms with van der Waals surface area (Å²) >= 11 is 0. The van der Waals surface area contributed by atoms with Crippen molar-refractivity contribution in [3.8, 4) is 0 Å². The van der Waals surface area contributed by atoms with E-state index in [-0.39, 0.29) is 17.9 Å². The van der Waals surface area contributed by atoms with Crippen molar-refractivity contribution in [2.45, 2.75) is 32.2 Å². The van der Waals surface area contributed by atoms with Crippen LogP contribution < -0.4 is 10.2 Å². The molecule has 1 aliphatic carbocycles. The van der Waals surface area contributed by atoms with E-state index in [1.54, 1.807) is 4.90 Å². The number of amides is 2. The van der Waals surface area contributed by atoms with Crippen LogP contribution in [-0.2, 0) is 4.79 Å². The summed E-state index contributed by atoms with van der Waals surface area (Å²) in [6.07, 6.45) is 2.61. The molecule has 4 nitrogen and oxygen atoms in total. The zero-order valence-electron chi connectivity index (χ0n) is 15.0. The maximum Gasteiger partial charge on any atom is 0.251 e. The second-order valence-electron chi connectivity index (χ2n) is 7.44. The van der Waals surface area contributed by atoms with Gasteiger partial charge in [-0.25, -0.2) is 0 Å². The third kappa shape index (κ3) is 3.36. The highest BCUT2D eigenvalue weighted by Crippen LogP contribution is 2.47. The lowest BCUT2D eigenvalue weighted by atomic mass is 10.0. The molecular formula is C22H24N2O2. The molecular weight excluding hydrogens is 324 g/mol. The lowest BCUT2D eigenvalue weighted by Crippen LogP contribution is -2.30. The second kappa shape index (κ2) is 6.94. The molecule has 0 spiro atoms. The monoisotopic (exact) mass is 348 g/mol. The van der Waals surface area contributed by atoms with Gasteiger partial charge in [0.2, 0.25) is 5.91 Å². The first-order chi connectivity index (χ1) is 12.6. The molecule has 2 aliphatic rings. The lowest BCUT2D eigenvalue weighted by molar-refractivity contribution is -0.117. The van der Waals surface area contributed by atoms with Crippen LogP contribution in [0.1, 0.15) is 48.1 Å². The highest BCUT2D eigenvalue weighted by Gasteiger charge is 2.41. The summed E-state index contributed by atoms with van der Waals surface area (Å²) in [6, 6.07) is 17.6. The van der Waals surface area contributed by atoms with E-state index in [0.717, 1.165) is 30.6 Å². The average molecular weight is 348 g/mol. The highest BCUT2D eigenvalue weighted by molar-refractivity contribution is 5.99. The number of carbonyl (C=O) groups excluding carboxylic acids is 2. The molecule has 2 aromatic carbocycles. The fourth-order valence-electron chi connectivity index (χ4n) is 3.87. The summed E-state index contributed by atoms with van der Waals surface area (Å²) in [5.74, 6) is 1.18. The number of benzene rings is 2. The van der Waals surface area contributed by atoms with Gasteiger partial charge >= 0.3 is 0 Å². The van der Waals surface area contributed by atoms with Crippen molar-refractivity contribution in [1.82, 2.24) is 5.32 Å². The van der Waals surface area contributed by atoms with E-state index < -0.39 is 0 Å². The van der Waals surface area contributed by atoms with Crippen molar-refractivity contribution in [3.63, 3.8) is 0 Å². The Kier molecular flexibility index (Phi) is 4.49. The van der Waals surface area contributed by atoms with Gasteiger partial charge in [-0.2, -0.15) is 0 Å². The first kappa shape index (κ1) is 16.8. The maximum absolute atomic E-state index is 12.9. The highest BCUT2D eigenvalue weighted by atomic mass is 16.2. The number of hydrogen-bond donors (Lipinski definition) is 1. The van der Waals surface area contributed by atoms with Gasteiger partial charge in [0.1, 0.15) is 0 Å². The Morgan fingerprint density at radius 1 is 1.15 bits per heavy atom. The van der Waals surface area contributed by atoms with Crippen LogP contribution in [0.25, 0.3) is 0 Å². The Bertz CT molecular complexity index is 818. The van der Waals surface area contributed by atoms with Crippen molar-refractivity contribution in [2.75, 3.05) is 11.4 Å². The molecule has 3 atom stereocenters. The summed E-state index contributed by atoms with van der Waals surface area (Å²) in [6.45, 7) is 2.96. The van der Waals surface area contributed by atoms with Gasteiger partial charge in [0.15, 0.2) is 0 Å². The van der Waals surface area contributed by atoms with E-state index >= 15 is 0 Å². The van der Waals surface area contributed by atoms with Gasteiger partial charge < -0.3 is 10.2 Å². The zero-order chi connectivity index (χ0) is 18.1. The quantitative estimate of drug-likeness (QED) is 0.890. The van der Waals surface area contributed by atoms with Crippen LogP contribution in [0.4, 0.5) is 5.69 Å². The first-order valence-electron chi connectivity index (χ1n) is 9.40. The van der Waals surface area contributed by atoms with Crippen LogP contribution in [0.15, 0.2) is 54.6 Å². The summed E-state index contributed by atoms with van der Waals surface area (Å²) in [7, 11) is 0. The van der Waals surface area contributed by atoms with Crippen LogP contribution in [-0.4, -0.2) is 18.4 Å². The van der Waals surface area contributed by atoms with Crippen molar-refractivity contribution < 1.29 is 9.59 Å². The summed E-state index contributed by atoms with van der Waals surface area (Å²) in [5, 5.41) is 3.23. The number of nitrogens with one attached hydrogen (secondary N) is 1. The predicted octanol–water partition coefficient (Wildman–Crippen LogP) is 3.94. The Labute approximate surface area is 154 Å². The molecule has 4 rings (SSSR count). The topological polar surface area (TPSA) is 49.4 Å². The third-order valence-electron chi connectivity index (χ3n) is 5.54. The lowest BCUT2D eigenvalue weighted by Gasteiger charge is -2.20. The van der Waals surface area contributed by atoms with Crippen molar-refractivity contribution in [3.05, 3.63) is 65.7 Å². The van der Waals surface area contributed by atoms with Crippen molar-refractivity contribution in [2.24, 2.45) is 11.8 Å². The summed E-state index contributed by atoms with van der Waals surface area (Å²) in [5.41, 5.74) is 2.58. The molecule has 1 N–H and O–H groups in total. The molecule has 4 heteroatoms. The van der Waals surface area contributed by atoms with Crippen LogP contribution >= 0.6 is 0 Å². The molecule has 1 aliphatic heterocycles. The first-order valence-corrected chi connectivity index (χ1v) is 9.40. The van der Waals surface area contributed by atoms with E-state index in [1.165, 1.54) is 0 Å². The molecule has 1 saturated carbocycles. The molecule has 26 heavy (non-hydrogen) atoms. The Hall–Kier alpha value is -2.62. The second-order valence-corrected chi connectivity index (χ2v) is 7.44. The van der Waals surface area contributed by atoms with E-state index in [1.807, 2.05) is 42.5 Å². The van der Waals surface area contributed by atoms with Gasteiger partial charge in [0.05, 0.1) is 6.04 Å². The number of carbonyl (C=O) groups is 2. The predicted molar refractivity (Wildman–Crippen MR) is 102 cm³/mol. The minimum absolute atomic E-state index is 0.0378. The normalized spacial score (nSPS) is 23.0. The molecule has 0 radical (unpaired) electrons. The maximum atomic E-state index is 12.9. The van der Waals surface area contributed by atoms with Gasteiger partial charge in [0, 0.05) is 24.2 Å². The van der Waals surface area contributed by atoms with Gasteiger partial charge in [-0.05, 0) is 48.4 Å². The number of nitrogens with zero attached hydrogens (tertiary/aromatic N) is 1. The fraction of sp³-hybridized carbons (Fsp3) is 0.364. The van der Waals surface area contributed by atoms with Crippen LogP contribution in [0.5, 0.6) is 0 Å². The van der Waals surface area contributed by atoms with E-state index in [4.69, 9.17) is 0 Å². The largest absolute Gasteiger partial charge is 0.345 e. The number of rotatable bonds is 5. The van der Waals surface area contributed by atoms with Gasteiger partial charge in [0.25, 0.3) is 5.91 Å². The molecule has 2 aromatic rings. The summed E-state index contributed by atoms with van der Waals surface area (Å²) in [4.78, 5) is 26.7. The van der Waals surface area contributed by atoms with Gasteiger partial charge in [-0.1, -0.05) is 43.3 Å². The minimum atomic E-state index is -0.0774. The Balaban J connectivity index is 1.54. The molecule has 2 fully saturated rings. The molecule has 0 aromatic heterocycles. The molecule has 2 amide bonds. The van der Waals surface area contributed by atoms with E-state index in [9.17, 15) is 9.59 Å². The number of hydrogen-bond acceptors (Lipinski definition) is 2. The molecule has 0 bridgehead atoms. The summed E-state index contributed by atoms with van der Waals surface area (Å²) < 4.78 is 0. The van der Waals surface area contributed by atoms with Crippen molar-refractivity contribution in [1.29, 1.82) is 0 Å². The Morgan fingerprint density at radius 2 is 1.92 bits per heavy atom. The Morgan fingerprint density at radius 3 is 2.58 bits per heavy atom. The minimum Gasteiger partial charge on any atom is -0.345 e. The standard InChI is InChI=1S/C22H24N2O2/c1-15-13-19(15)21(16-7-3-2-4-8-16)23-22(26)17-9-5-10-18(14-17)24-12-6-11-20(24)25/h2-5,7-10,14-15,19,21H,6,11-13H2,1H3,(H,23,26). The average Bonchev–Trinajstić information content (AvgIpc) is 3.23. The van der Waals surface area contributed by atoms with Gasteiger partial charge in [-0.15, -0.1) is 0 Å². The molecule has 134 valence electrons.